The lowest BCUT2D eigenvalue weighted by Crippen LogP contribution is -2.58. The number of nitrogens with one attached hydrogen (secondary N) is 2. The predicted octanol–water partition coefficient (Wildman–Crippen LogP) is 7.05. The maximum atomic E-state index is 12.8. The van der Waals surface area contributed by atoms with E-state index in [0.717, 1.165) is 32.1 Å². The molecule has 2 N–H and O–H groups in total. The van der Waals surface area contributed by atoms with E-state index < -0.39 is 0 Å². The lowest BCUT2D eigenvalue weighted by Gasteiger charge is -2.62. The molecule has 0 radical (unpaired) electrons. The summed E-state index contributed by atoms with van der Waals surface area (Å²) in [4.78, 5) is 25.7. The first-order chi connectivity index (χ1) is 16.1. The van der Waals surface area contributed by atoms with E-state index in [1.165, 1.54) is 6.42 Å². The van der Waals surface area contributed by atoms with Crippen LogP contribution >= 0.6 is 46.4 Å². The van der Waals surface area contributed by atoms with Crippen LogP contribution in [0.1, 0.15) is 59.2 Å². The van der Waals surface area contributed by atoms with Crippen molar-refractivity contribution < 1.29 is 9.59 Å². The molecule has 6 rings (SSSR count). The molecule has 4 aliphatic rings. The molecule has 0 unspecified atom stereocenters. The Balaban J connectivity index is 1.27. The maximum absolute atomic E-state index is 12.8. The quantitative estimate of drug-likeness (QED) is 0.413. The van der Waals surface area contributed by atoms with Gasteiger partial charge >= 0.3 is 0 Å². The van der Waals surface area contributed by atoms with Gasteiger partial charge in [0.2, 0.25) is 0 Å². The normalized spacial score (nSPS) is 29.2. The zero-order valence-electron chi connectivity index (χ0n) is 18.6. The summed E-state index contributed by atoms with van der Waals surface area (Å²) in [6.45, 7) is 1.26. The molecule has 4 nitrogen and oxygen atoms in total. The van der Waals surface area contributed by atoms with Crippen LogP contribution in [0, 0.1) is 22.7 Å². The van der Waals surface area contributed by atoms with Gasteiger partial charge in [0.1, 0.15) is 0 Å². The van der Waals surface area contributed by atoms with Crippen molar-refractivity contribution in [1.29, 1.82) is 0 Å². The minimum atomic E-state index is -0.152. The number of carbonyl (C=O) groups is 2. The molecule has 0 atom stereocenters. The summed E-state index contributed by atoms with van der Waals surface area (Å²) < 4.78 is 0. The number of halogens is 4. The predicted molar refractivity (Wildman–Crippen MR) is 137 cm³/mol. The highest BCUT2D eigenvalue weighted by Gasteiger charge is 2.57. The van der Waals surface area contributed by atoms with Gasteiger partial charge in [-0.2, -0.15) is 0 Å². The molecule has 34 heavy (non-hydrogen) atoms. The Bertz CT molecular complexity index is 1010. The van der Waals surface area contributed by atoms with Crippen molar-refractivity contribution in [3.05, 3.63) is 67.6 Å². The van der Waals surface area contributed by atoms with Gasteiger partial charge in [-0.15, -0.1) is 0 Å². The van der Waals surface area contributed by atoms with Crippen LogP contribution in [0.3, 0.4) is 0 Å². The van der Waals surface area contributed by atoms with Crippen molar-refractivity contribution in [1.82, 2.24) is 10.6 Å². The SMILES string of the molecule is O=C(NCC12CC3CC(C1)CC(CNC(=O)c1cc(Cl)cc(Cl)c1)(C3)C2)c1cc(Cl)cc(Cl)c1. The summed E-state index contributed by atoms with van der Waals surface area (Å²) in [6, 6.07) is 9.80. The molecule has 180 valence electrons. The molecule has 0 aromatic heterocycles. The summed E-state index contributed by atoms with van der Waals surface area (Å²) in [7, 11) is 0. The Morgan fingerprint density at radius 2 is 1.03 bits per heavy atom. The molecule has 8 heteroatoms. The van der Waals surface area contributed by atoms with Gasteiger partial charge in [0.05, 0.1) is 0 Å². The molecule has 0 heterocycles. The fourth-order valence-electron chi connectivity index (χ4n) is 7.17. The Kier molecular flexibility index (Phi) is 6.56. The van der Waals surface area contributed by atoms with Crippen LogP contribution in [0.2, 0.25) is 20.1 Å². The van der Waals surface area contributed by atoms with Crippen molar-refractivity contribution >= 4 is 58.2 Å². The summed E-state index contributed by atoms with van der Waals surface area (Å²) in [6.07, 6.45) is 6.75. The Morgan fingerprint density at radius 1 is 0.676 bits per heavy atom. The fourth-order valence-corrected chi connectivity index (χ4v) is 8.22. The van der Waals surface area contributed by atoms with Crippen molar-refractivity contribution in [3.63, 3.8) is 0 Å². The van der Waals surface area contributed by atoms with Crippen LogP contribution in [0.4, 0.5) is 0 Å². The lowest BCUT2D eigenvalue weighted by atomic mass is 9.44. The van der Waals surface area contributed by atoms with Crippen molar-refractivity contribution in [2.45, 2.75) is 38.5 Å². The third-order valence-electron chi connectivity index (χ3n) is 7.80. The number of benzene rings is 2. The monoisotopic (exact) mass is 538 g/mol. The Labute approximate surface area is 219 Å². The summed E-state index contributed by atoms with van der Waals surface area (Å²) in [5.74, 6) is 0.966. The summed E-state index contributed by atoms with van der Waals surface area (Å²) in [5.41, 5.74) is 1.08. The van der Waals surface area contributed by atoms with Gasteiger partial charge in [-0.1, -0.05) is 46.4 Å². The van der Waals surface area contributed by atoms with E-state index in [2.05, 4.69) is 10.6 Å². The molecule has 2 aromatic rings. The van der Waals surface area contributed by atoms with Crippen LogP contribution in [0.25, 0.3) is 0 Å². The van der Waals surface area contributed by atoms with Gasteiger partial charge in [0.15, 0.2) is 0 Å². The fraction of sp³-hybridized carbons (Fsp3) is 0.462. The second kappa shape index (κ2) is 9.20. The number of carbonyl (C=O) groups excluding carboxylic acids is 2. The topological polar surface area (TPSA) is 58.2 Å². The van der Waals surface area contributed by atoms with Crippen molar-refractivity contribution in [2.75, 3.05) is 13.1 Å². The van der Waals surface area contributed by atoms with Gasteiger partial charge in [-0.05, 0) is 97.6 Å². The number of hydrogen-bond acceptors (Lipinski definition) is 2. The van der Waals surface area contributed by atoms with Crippen LogP contribution in [0.5, 0.6) is 0 Å². The van der Waals surface area contributed by atoms with E-state index in [9.17, 15) is 9.59 Å². The Hall–Kier alpha value is -1.46. The smallest absolute Gasteiger partial charge is 0.251 e. The molecule has 0 saturated heterocycles. The third kappa shape index (κ3) is 5.06. The van der Waals surface area contributed by atoms with Gasteiger partial charge in [-0.25, -0.2) is 0 Å². The third-order valence-corrected chi connectivity index (χ3v) is 8.67. The number of amides is 2. The van der Waals surface area contributed by atoms with Gasteiger partial charge in [0.25, 0.3) is 11.8 Å². The lowest BCUT2D eigenvalue weighted by molar-refractivity contribution is -0.105. The molecular formula is C26H26Cl4N2O2. The molecular weight excluding hydrogens is 514 g/mol. The Morgan fingerprint density at radius 3 is 1.38 bits per heavy atom. The molecule has 4 fully saturated rings. The average molecular weight is 540 g/mol. The minimum absolute atomic E-state index is 0.0617. The first kappa shape index (κ1) is 24.2. The zero-order valence-corrected chi connectivity index (χ0v) is 21.6. The summed E-state index contributed by atoms with van der Waals surface area (Å²) >= 11 is 24.3. The van der Waals surface area contributed by atoms with E-state index in [0.29, 0.717) is 56.1 Å². The zero-order chi connectivity index (χ0) is 24.1. The van der Waals surface area contributed by atoms with E-state index >= 15 is 0 Å². The highest BCUT2D eigenvalue weighted by Crippen LogP contribution is 2.64. The first-order valence-corrected chi connectivity index (χ1v) is 13.1. The second-order valence-electron chi connectivity index (χ2n) is 10.6. The molecule has 0 aliphatic heterocycles. The number of hydrogen-bond donors (Lipinski definition) is 2. The van der Waals surface area contributed by atoms with E-state index in [-0.39, 0.29) is 22.6 Å². The van der Waals surface area contributed by atoms with E-state index in [1.807, 2.05) is 0 Å². The highest BCUT2D eigenvalue weighted by atomic mass is 35.5. The van der Waals surface area contributed by atoms with Crippen LogP contribution in [-0.2, 0) is 0 Å². The molecule has 4 bridgehead atoms. The van der Waals surface area contributed by atoms with Crippen LogP contribution < -0.4 is 10.6 Å². The van der Waals surface area contributed by atoms with Gasteiger partial charge < -0.3 is 10.6 Å². The van der Waals surface area contributed by atoms with Crippen LogP contribution in [-0.4, -0.2) is 24.9 Å². The largest absolute Gasteiger partial charge is 0.351 e. The minimum Gasteiger partial charge on any atom is -0.351 e. The average Bonchev–Trinajstić information content (AvgIpc) is 2.73. The maximum Gasteiger partial charge on any atom is 0.251 e. The molecule has 2 amide bonds. The van der Waals surface area contributed by atoms with Gasteiger partial charge in [0, 0.05) is 44.3 Å². The first-order valence-electron chi connectivity index (χ1n) is 11.6. The highest BCUT2D eigenvalue weighted by molar-refractivity contribution is 6.35. The second-order valence-corrected chi connectivity index (χ2v) is 12.4. The molecule has 4 aliphatic carbocycles. The van der Waals surface area contributed by atoms with E-state index in [1.54, 1.807) is 36.4 Å². The molecule has 4 saturated carbocycles. The summed E-state index contributed by atoms with van der Waals surface area (Å²) in [5, 5.41) is 8.11. The van der Waals surface area contributed by atoms with Crippen LogP contribution in [0.15, 0.2) is 36.4 Å². The molecule has 2 aromatic carbocycles. The van der Waals surface area contributed by atoms with E-state index in [4.69, 9.17) is 46.4 Å². The van der Waals surface area contributed by atoms with Crippen molar-refractivity contribution in [3.8, 4) is 0 Å². The van der Waals surface area contributed by atoms with Crippen molar-refractivity contribution in [2.24, 2.45) is 22.7 Å². The van der Waals surface area contributed by atoms with Gasteiger partial charge in [-0.3, -0.25) is 9.59 Å². The molecule has 0 spiro atoms. The standard InChI is InChI=1S/C26H26Cl4N2O2/c27-19-2-17(3-20(28)6-19)23(33)31-13-25-8-15-1-16(9-25)11-26(10-15,12-25)14-32-24(34)18-4-21(29)7-22(30)5-18/h2-7,15-16H,1,8-14H2,(H,31,33)(H,32,34). The number of rotatable bonds is 6.